The van der Waals surface area contributed by atoms with Gasteiger partial charge < -0.3 is 5.32 Å². The zero-order valence-electron chi connectivity index (χ0n) is 11.9. The molecular weight excluding hydrogens is 280 g/mol. The maximum atomic E-state index is 11.6. The topological polar surface area (TPSA) is 89.3 Å². The highest BCUT2D eigenvalue weighted by molar-refractivity contribution is 7.90. The van der Waals surface area contributed by atoms with Crippen LogP contribution in [-0.2, 0) is 9.84 Å². The Bertz CT molecular complexity index is 584. The number of nitrogens with one attached hydrogen (secondary N) is 1. The van der Waals surface area contributed by atoms with Crippen LogP contribution in [0.15, 0.2) is 23.1 Å². The molecule has 1 rings (SSSR count). The van der Waals surface area contributed by atoms with Gasteiger partial charge in [0.05, 0.1) is 4.92 Å². The van der Waals surface area contributed by atoms with Crippen molar-refractivity contribution >= 4 is 21.2 Å². The van der Waals surface area contributed by atoms with E-state index in [4.69, 9.17) is 0 Å². The fourth-order valence-electron chi connectivity index (χ4n) is 1.97. The maximum Gasteiger partial charge on any atom is 0.310 e. The summed E-state index contributed by atoms with van der Waals surface area (Å²) in [4.78, 5) is 10.3. The van der Waals surface area contributed by atoms with E-state index in [1.165, 1.54) is 18.2 Å². The van der Waals surface area contributed by atoms with Crippen LogP contribution in [0.3, 0.4) is 0 Å². The summed E-state index contributed by atoms with van der Waals surface area (Å²) < 4.78 is 23.3. The van der Waals surface area contributed by atoms with Crippen molar-refractivity contribution in [1.82, 2.24) is 0 Å². The van der Waals surface area contributed by atoms with Gasteiger partial charge in [-0.05, 0) is 25.5 Å². The van der Waals surface area contributed by atoms with Crippen LogP contribution in [0.5, 0.6) is 0 Å². The summed E-state index contributed by atoms with van der Waals surface area (Å²) in [6.07, 6.45) is 3.89. The second-order valence-electron chi connectivity index (χ2n) is 4.87. The van der Waals surface area contributed by atoms with Gasteiger partial charge >= 0.3 is 5.69 Å². The van der Waals surface area contributed by atoms with Crippen molar-refractivity contribution in [3.05, 3.63) is 28.3 Å². The molecule has 0 amide bonds. The standard InChI is InChI=1S/C13H20N2O4S/c1-4-5-7-10(2)14-11-8-6-9-12(20(3,18)19)13(11)15(16)17/h6,8-10,14H,4-5,7H2,1-3H3. The second-order valence-corrected chi connectivity index (χ2v) is 6.85. The van der Waals surface area contributed by atoms with Gasteiger partial charge in [0.15, 0.2) is 9.84 Å². The number of para-hydroxylation sites is 1. The summed E-state index contributed by atoms with van der Waals surface area (Å²) in [5.41, 5.74) is -0.125. The molecule has 0 aliphatic rings. The predicted octanol–water partition coefficient (Wildman–Crippen LogP) is 2.99. The molecule has 0 aliphatic heterocycles. The van der Waals surface area contributed by atoms with Crippen molar-refractivity contribution in [3.63, 3.8) is 0 Å². The fourth-order valence-corrected chi connectivity index (χ4v) is 2.84. The van der Waals surface area contributed by atoms with Crippen LogP contribution in [0.1, 0.15) is 33.1 Å². The zero-order chi connectivity index (χ0) is 15.3. The Balaban J connectivity index is 3.17. The number of nitro benzene ring substituents is 1. The monoisotopic (exact) mass is 300 g/mol. The molecule has 1 aromatic rings. The van der Waals surface area contributed by atoms with Crippen molar-refractivity contribution in [1.29, 1.82) is 0 Å². The Morgan fingerprint density at radius 1 is 1.40 bits per heavy atom. The average molecular weight is 300 g/mol. The van der Waals surface area contributed by atoms with Gasteiger partial charge in [0.2, 0.25) is 0 Å². The first-order valence-electron chi connectivity index (χ1n) is 6.51. The first-order chi connectivity index (χ1) is 9.27. The lowest BCUT2D eigenvalue weighted by Gasteiger charge is -2.15. The number of anilines is 1. The van der Waals surface area contributed by atoms with E-state index in [-0.39, 0.29) is 22.3 Å². The first kappa shape index (κ1) is 16.4. The van der Waals surface area contributed by atoms with Crippen LogP contribution in [0, 0.1) is 10.1 Å². The quantitative estimate of drug-likeness (QED) is 0.617. The van der Waals surface area contributed by atoms with E-state index in [1.54, 1.807) is 0 Å². The highest BCUT2D eigenvalue weighted by atomic mass is 32.2. The van der Waals surface area contributed by atoms with E-state index in [0.717, 1.165) is 25.5 Å². The molecule has 1 atom stereocenters. The van der Waals surface area contributed by atoms with Gasteiger partial charge in [-0.3, -0.25) is 10.1 Å². The van der Waals surface area contributed by atoms with Gasteiger partial charge in [0.1, 0.15) is 10.6 Å². The van der Waals surface area contributed by atoms with Crippen LogP contribution in [0.4, 0.5) is 11.4 Å². The molecule has 0 radical (unpaired) electrons. The lowest BCUT2D eigenvalue weighted by Crippen LogP contribution is -2.16. The van der Waals surface area contributed by atoms with Gasteiger partial charge in [-0.1, -0.05) is 25.8 Å². The van der Waals surface area contributed by atoms with Crippen molar-refractivity contribution in [2.24, 2.45) is 0 Å². The second kappa shape index (κ2) is 6.69. The highest BCUT2D eigenvalue weighted by Crippen LogP contribution is 2.32. The molecule has 0 saturated carbocycles. The third kappa shape index (κ3) is 4.19. The number of benzene rings is 1. The van der Waals surface area contributed by atoms with E-state index in [9.17, 15) is 18.5 Å². The lowest BCUT2D eigenvalue weighted by atomic mass is 10.1. The summed E-state index contributed by atoms with van der Waals surface area (Å²) in [6, 6.07) is 4.35. The average Bonchev–Trinajstić information content (AvgIpc) is 2.34. The molecule has 1 N–H and O–H groups in total. The van der Waals surface area contributed by atoms with Crippen molar-refractivity contribution in [2.75, 3.05) is 11.6 Å². The molecule has 6 nitrogen and oxygen atoms in total. The van der Waals surface area contributed by atoms with Crippen LogP contribution >= 0.6 is 0 Å². The highest BCUT2D eigenvalue weighted by Gasteiger charge is 2.26. The molecule has 7 heteroatoms. The molecule has 1 unspecified atom stereocenters. The number of hydrogen-bond donors (Lipinski definition) is 1. The predicted molar refractivity (Wildman–Crippen MR) is 78.8 cm³/mol. The molecule has 0 aliphatic carbocycles. The Morgan fingerprint density at radius 2 is 2.05 bits per heavy atom. The Hall–Kier alpha value is -1.63. The SMILES string of the molecule is CCCCC(C)Nc1cccc(S(C)(=O)=O)c1[N+](=O)[O-]. The van der Waals surface area contributed by atoms with Crippen LogP contribution < -0.4 is 5.32 Å². The van der Waals surface area contributed by atoms with Crippen LogP contribution in [0.25, 0.3) is 0 Å². The number of hydrogen-bond acceptors (Lipinski definition) is 5. The number of nitro groups is 1. The largest absolute Gasteiger partial charge is 0.377 e. The van der Waals surface area contributed by atoms with Crippen molar-refractivity contribution < 1.29 is 13.3 Å². The summed E-state index contributed by atoms with van der Waals surface area (Å²) in [5, 5.41) is 14.2. The number of nitrogens with zero attached hydrogens (tertiary/aromatic N) is 1. The normalized spacial score (nSPS) is 12.9. The Kier molecular flexibility index (Phi) is 5.50. The van der Waals surface area contributed by atoms with E-state index >= 15 is 0 Å². The summed E-state index contributed by atoms with van der Waals surface area (Å²) >= 11 is 0. The molecule has 112 valence electrons. The molecule has 20 heavy (non-hydrogen) atoms. The molecule has 0 fully saturated rings. The maximum absolute atomic E-state index is 11.6. The van der Waals surface area contributed by atoms with Crippen molar-refractivity contribution in [2.45, 2.75) is 44.0 Å². The summed E-state index contributed by atoms with van der Waals surface area (Å²) in [5.74, 6) is 0. The third-order valence-corrected chi connectivity index (χ3v) is 4.10. The van der Waals surface area contributed by atoms with E-state index in [1.807, 2.05) is 6.92 Å². The smallest absolute Gasteiger partial charge is 0.310 e. The lowest BCUT2D eigenvalue weighted by molar-refractivity contribution is -0.386. The third-order valence-electron chi connectivity index (χ3n) is 2.97. The minimum absolute atomic E-state index is 0.0449. The van der Waals surface area contributed by atoms with E-state index in [2.05, 4.69) is 12.2 Å². The molecule has 0 aromatic heterocycles. The van der Waals surface area contributed by atoms with Gasteiger partial charge in [-0.25, -0.2) is 8.42 Å². The minimum atomic E-state index is -3.64. The Labute approximate surface area is 119 Å². The molecule has 1 aromatic carbocycles. The van der Waals surface area contributed by atoms with Gasteiger partial charge in [0, 0.05) is 12.3 Å². The molecule has 0 bridgehead atoms. The molecular formula is C13H20N2O4S. The van der Waals surface area contributed by atoms with E-state index < -0.39 is 14.8 Å². The van der Waals surface area contributed by atoms with E-state index in [0.29, 0.717) is 0 Å². The molecule has 0 spiro atoms. The number of sulfone groups is 1. The van der Waals surface area contributed by atoms with Gasteiger partial charge in [-0.2, -0.15) is 0 Å². The summed E-state index contributed by atoms with van der Waals surface area (Å²) in [7, 11) is -3.64. The first-order valence-corrected chi connectivity index (χ1v) is 8.40. The summed E-state index contributed by atoms with van der Waals surface area (Å²) in [6.45, 7) is 3.99. The molecule has 0 saturated heterocycles. The van der Waals surface area contributed by atoms with Crippen LogP contribution in [0.2, 0.25) is 0 Å². The number of rotatable bonds is 7. The minimum Gasteiger partial charge on any atom is -0.377 e. The molecule has 0 heterocycles. The van der Waals surface area contributed by atoms with Gasteiger partial charge in [0.25, 0.3) is 0 Å². The zero-order valence-corrected chi connectivity index (χ0v) is 12.7. The van der Waals surface area contributed by atoms with Crippen molar-refractivity contribution in [3.8, 4) is 0 Å². The number of unbranched alkanes of at least 4 members (excludes halogenated alkanes) is 1. The van der Waals surface area contributed by atoms with Crippen LogP contribution in [-0.4, -0.2) is 25.6 Å². The van der Waals surface area contributed by atoms with Gasteiger partial charge in [-0.15, -0.1) is 0 Å². The fraction of sp³-hybridized carbons (Fsp3) is 0.538. The Morgan fingerprint density at radius 3 is 2.55 bits per heavy atom.